The van der Waals surface area contributed by atoms with E-state index in [4.69, 9.17) is 17.0 Å². The predicted octanol–water partition coefficient (Wildman–Crippen LogP) is 1.31. The molecule has 2 aliphatic rings. The van der Waals surface area contributed by atoms with Crippen LogP contribution in [-0.2, 0) is 14.8 Å². The molecule has 29 heavy (non-hydrogen) atoms. The first-order valence-corrected chi connectivity index (χ1v) is 11.2. The van der Waals surface area contributed by atoms with Gasteiger partial charge in [-0.1, -0.05) is 12.2 Å². The molecule has 0 bridgehead atoms. The number of hydrogen-bond donors (Lipinski definition) is 1. The average molecular weight is 449 g/mol. The van der Waals surface area contributed by atoms with Crippen LogP contribution in [0.2, 0.25) is 0 Å². The number of piperazine rings is 1. The summed E-state index contributed by atoms with van der Waals surface area (Å²) in [6.45, 7) is 2.76. The molecule has 8 nitrogen and oxygen atoms in total. The van der Waals surface area contributed by atoms with E-state index in [9.17, 15) is 22.0 Å². The number of rotatable bonds is 5. The number of nitrogens with zero attached hydrogens (tertiary/aromatic N) is 3. The summed E-state index contributed by atoms with van der Waals surface area (Å²) in [5, 5.41) is 2.89. The van der Waals surface area contributed by atoms with Crippen LogP contribution in [0.5, 0.6) is 0 Å². The Morgan fingerprint density at radius 3 is 2.34 bits per heavy atom. The molecule has 2 saturated heterocycles. The summed E-state index contributed by atoms with van der Waals surface area (Å²) in [6, 6.07) is 2.17. The van der Waals surface area contributed by atoms with Crippen molar-refractivity contribution in [2.75, 3.05) is 55.3 Å². The van der Waals surface area contributed by atoms with Crippen molar-refractivity contribution in [2.45, 2.75) is 13.0 Å². The van der Waals surface area contributed by atoms with Gasteiger partial charge in [-0.3, -0.25) is 4.90 Å². The molecule has 2 heterocycles. The summed E-state index contributed by atoms with van der Waals surface area (Å²) in [5.41, 5.74) is -0.172. The number of sulfonamides is 1. The fourth-order valence-electron chi connectivity index (χ4n) is 3.35. The maximum Gasteiger partial charge on any atom is 0.414 e. The van der Waals surface area contributed by atoms with E-state index < -0.39 is 33.9 Å². The molecule has 1 aromatic carbocycles. The Kier molecular flexibility index (Phi) is 6.24. The van der Waals surface area contributed by atoms with Gasteiger partial charge in [0.25, 0.3) is 0 Å². The zero-order valence-corrected chi connectivity index (χ0v) is 17.7. The molecule has 1 atom stereocenters. The summed E-state index contributed by atoms with van der Waals surface area (Å²) in [4.78, 5) is 15.3. The van der Waals surface area contributed by atoms with Crippen LogP contribution in [-0.4, -0.2) is 75.4 Å². The summed E-state index contributed by atoms with van der Waals surface area (Å²) < 4.78 is 59.1. The lowest BCUT2D eigenvalue weighted by Gasteiger charge is -2.35. The van der Waals surface area contributed by atoms with Crippen LogP contribution in [0.4, 0.5) is 25.0 Å². The molecular formula is C17H22F2N4O4S2. The number of nitrogens with one attached hydrogen (secondary N) is 1. The van der Waals surface area contributed by atoms with Gasteiger partial charge in [0.05, 0.1) is 30.0 Å². The third-order valence-corrected chi connectivity index (χ3v) is 6.24. The first kappa shape index (κ1) is 21.7. The lowest BCUT2D eigenvalue weighted by atomic mass is 10.2. The van der Waals surface area contributed by atoms with E-state index in [1.165, 1.54) is 14.1 Å². The number of hydrogen-bond acceptors (Lipinski definition) is 6. The summed E-state index contributed by atoms with van der Waals surface area (Å²) in [5.74, 6) is -1.64. The van der Waals surface area contributed by atoms with E-state index >= 15 is 0 Å². The molecule has 160 valence electrons. The van der Waals surface area contributed by atoms with Crippen LogP contribution >= 0.6 is 12.2 Å². The molecule has 0 radical (unpaired) electrons. The topological polar surface area (TPSA) is 82.2 Å². The van der Waals surface area contributed by atoms with Crippen LogP contribution in [0.25, 0.3) is 0 Å². The first-order chi connectivity index (χ1) is 13.6. The van der Waals surface area contributed by atoms with Crippen LogP contribution in [0.3, 0.4) is 0 Å². The molecule has 1 amide bonds. The normalized spacial score (nSPS) is 20.7. The summed E-state index contributed by atoms with van der Waals surface area (Å²) in [7, 11) is -3.34. The first-order valence-electron chi connectivity index (χ1n) is 8.98. The Bertz CT molecular complexity index is 897. The Morgan fingerprint density at radius 2 is 1.83 bits per heavy atom. The highest BCUT2D eigenvalue weighted by molar-refractivity contribution is 7.88. The van der Waals surface area contributed by atoms with Gasteiger partial charge in [-0.25, -0.2) is 22.0 Å². The largest absolute Gasteiger partial charge is 0.442 e. The number of thiocarbonyl (C=S) groups is 1. The average Bonchev–Trinajstić information content (AvgIpc) is 3.00. The van der Waals surface area contributed by atoms with Gasteiger partial charge in [-0.15, -0.1) is 0 Å². The Labute approximate surface area is 173 Å². The predicted molar refractivity (Wildman–Crippen MR) is 109 cm³/mol. The number of benzene rings is 1. The smallest absolute Gasteiger partial charge is 0.414 e. The van der Waals surface area contributed by atoms with Gasteiger partial charge >= 0.3 is 6.09 Å². The van der Waals surface area contributed by atoms with Crippen molar-refractivity contribution >= 4 is 44.7 Å². The molecule has 1 N–H and O–H groups in total. The second kappa shape index (κ2) is 8.36. The van der Waals surface area contributed by atoms with Crippen LogP contribution in [0.15, 0.2) is 12.1 Å². The van der Waals surface area contributed by atoms with E-state index in [-0.39, 0.29) is 44.1 Å². The number of amides is 1. The monoisotopic (exact) mass is 448 g/mol. The lowest BCUT2D eigenvalue weighted by molar-refractivity contribution is 0.143. The third-order valence-electron chi connectivity index (χ3n) is 4.79. The Morgan fingerprint density at radius 1 is 1.24 bits per heavy atom. The molecule has 1 aromatic rings. The quantitative estimate of drug-likeness (QED) is 0.680. The fourth-order valence-corrected chi connectivity index (χ4v) is 4.26. The standard InChI is InChI=1S/C17H22F2N4O4S2/c1-11(28)20-9-13-10-23(17(24)27-13)12-7-14(18)16(15(19)8-12)21-3-5-22(6-4-21)29(2,25)26/h7-8,13H,3-6,9-10H2,1-2H3,(H,20,28). The zero-order chi connectivity index (χ0) is 21.3. The summed E-state index contributed by atoms with van der Waals surface area (Å²) in [6.07, 6.45) is -0.0766. The van der Waals surface area contributed by atoms with Gasteiger partial charge in [0.15, 0.2) is 11.6 Å². The summed E-state index contributed by atoms with van der Waals surface area (Å²) >= 11 is 4.92. The number of carbonyl (C=O) groups is 1. The van der Waals surface area contributed by atoms with Gasteiger partial charge in [0.2, 0.25) is 10.0 Å². The lowest BCUT2D eigenvalue weighted by Crippen LogP contribution is -2.48. The zero-order valence-electron chi connectivity index (χ0n) is 16.0. The molecule has 1 unspecified atom stereocenters. The minimum atomic E-state index is -3.34. The number of carbonyl (C=O) groups excluding carboxylic acids is 1. The van der Waals surface area contributed by atoms with Crippen LogP contribution < -0.4 is 15.1 Å². The maximum absolute atomic E-state index is 14.7. The number of cyclic esters (lactones) is 1. The highest BCUT2D eigenvalue weighted by atomic mass is 32.2. The van der Waals surface area contributed by atoms with Crippen molar-refractivity contribution in [1.82, 2.24) is 9.62 Å². The van der Waals surface area contributed by atoms with E-state index in [1.807, 2.05) is 0 Å². The van der Waals surface area contributed by atoms with Gasteiger partial charge in [0.1, 0.15) is 11.8 Å². The molecule has 0 aliphatic carbocycles. The Balaban J connectivity index is 1.73. The number of ether oxygens (including phenoxy) is 1. The third kappa shape index (κ3) is 4.93. The van der Waals surface area contributed by atoms with E-state index in [1.54, 1.807) is 6.92 Å². The van der Waals surface area contributed by atoms with Gasteiger partial charge < -0.3 is 15.0 Å². The van der Waals surface area contributed by atoms with E-state index in [0.717, 1.165) is 18.4 Å². The highest BCUT2D eigenvalue weighted by Crippen LogP contribution is 2.31. The number of anilines is 2. The van der Waals surface area contributed by atoms with Crippen molar-refractivity contribution in [3.8, 4) is 0 Å². The van der Waals surface area contributed by atoms with Crippen molar-refractivity contribution in [2.24, 2.45) is 0 Å². The van der Waals surface area contributed by atoms with Crippen molar-refractivity contribution < 1.29 is 26.7 Å². The van der Waals surface area contributed by atoms with Crippen molar-refractivity contribution in [1.29, 1.82) is 0 Å². The van der Waals surface area contributed by atoms with Crippen LogP contribution in [0, 0.1) is 11.6 Å². The van der Waals surface area contributed by atoms with Crippen molar-refractivity contribution in [3.05, 3.63) is 23.8 Å². The molecule has 12 heteroatoms. The van der Waals surface area contributed by atoms with E-state index in [0.29, 0.717) is 11.5 Å². The van der Waals surface area contributed by atoms with Gasteiger partial charge in [-0.2, -0.15) is 4.31 Å². The molecule has 0 saturated carbocycles. The molecular weight excluding hydrogens is 426 g/mol. The minimum absolute atomic E-state index is 0.0603. The Hall–Kier alpha value is -2.05. The second-order valence-electron chi connectivity index (χ2n) is 6.96. The molecule has 0 aromatic heterocycles. The number of halogens is 2. The SMILES string of the molecule is CC(=S)NCC1CN(c2cc(F)c(N3CCN(S(C)(=O)=O)CC3)c(F)c2)C(=O)O1. The van der Waals surface area contributed by atoms with Gasteiger partial charge in [-0.05, 0) is 6.92 Å². The molecule has 2 fully saturated rings. The highest BCUT2D eigenvalue weighted by Gasteiger charge is 2.34. The van der Waals surface area contributed by atoms with Crippen molar-refractivity contribution in [3.63, 3.8) is 0 Å². The molecule has 0 spiro atoms. The van der Waals surface area contributed by atoms with E-state index in [2.05, 4.69) is 5.32 Å². The van der Waals surface area contributed by atoms with Crippen LogP contribution in [0.1, 0.15) is 6.92 Å². The molecule has 3 rings (SSSR count). The fraction of sp³-hybridized carbons (Fsp3) is 0.529. The minimum Gasteiger partial charge on any atom is -0.442 e. The second-order valence-corrected chi connectivity index (χ2v) is 9.56. The maximum atomic E-state index is 14.7. The van der Waals surface area contributed by atoms with Gasteiger partial charge in [0, 0.05) is 38.3 Å². The molecule has 2 aliphatic heterocycles.